The van der Waals surface area contributed by atoms with E-state index in [9.17, 15) is 13.2 Å². The Morgan fingerprint density at radius 1 is 0.971 bits per heavy atom. The summed E-state index contributed by atoms with van der Waals surface area (Å²) >= 11 is 0. The molecular weight excluding hydrogens is 458 g/mol. The molecule has 0 aliphatic carbocycles. The van der Waals surface area contributed by atoms with E-state index >= 15 is 0 Å². The predicted octanol–water partition coefficient (Wildman–Crippen LogP) is 4.21. The van der Waals surface area contributed by atoms with Gasteiger partial charge in [-0.1, -0.05) is 24.3 Å². The van der Waals surface area contributed by atoms with Gasteiger partial charge in [0.25, 0.3) is 0 Å². The zero-order chi connectivity index (χ0) is 24.1. The van der Waals surface area contributed by atoms with Crippen LogP contribution < -0.4 is 13.7 Å². The lowest BCUT2D eigenvalue weighted by Gasteiger charge is -2.12. The first-order valence-corrected chi connectivity index (χ1v) is 11.7. The Kier molecular flexibility index (Phi) is 6.65. The van der Waals surface area contributed by atoms with Crippen molar-refractivity contribution in [2.75, 3.05) is 13.7 Å². The van der Waals surface area contributed by atoms with Gasteiger partial charge in [-0.3, -0.25) is 0 Å². The number of aliphatic imine (C=N–C) groups is 1. The molecule has 0 aromatic heterocycles. The van der Waals surface area contributed by atoms with Crippen molar-refractivity contribution in [2.45, 2.75) is 11.8 Å². The molecule has 0 N–H and O–H groups in total. The Balaban J connectivity index is 1.61. The van der Waals surface area contributed by atoms with Gasteiger partial charge in [-0.25, -0.2) is 9.79 Å². The highest BCUT2D eigenvalue weighted by atomic mass is 32.2. The number of hydrogen-bond acceptors (Lipinski definition) is 8. The number of methoxy groups -OCH3 is 1. The number of nitrogens with zero attached hydrogens (tertiary/aromatic N) is 1. The lowest BCUT2D eigenvalue weighted by atomic mass is 10.1. The molecule has 0 saturated carbocycles. The van der Waals surface area contributed by atoms with Crippen LogP contribution >= 0.6 is 0 Å². The van der Waals surface area contributed by atoms with Gasteiger partial charge in [-0.2, -0.15) is 8.42 Å². The molecule has 4 rings (SSSR count). The van der Waals surface area contributed by atoms with Gasteiger partial charge in [0, 0.05) is 5.56 Å². The molecule has 8 nitrogen and oxygen atoms in total. The van der Waals surface area contributed by atoms with Crippen LogP contribution in [0.3, 0.4) is 0 Å². The molecule has 3 aromatic rings. The second kappa shape index (κ2) is 9.80. The molecule has 0 spiro atoms. The SMILES string of the molecule is CCOc1cc(C=C2N=C(c3ccc(OC)cc3)OC2=O)ccc1OS(=O)(=O)c1ccccc1. The minimum absolute atomic E-state index is 0.0257. The lowest BCUT2D eigenvalue weighted by Crippen LogP contribution is -2.10. The van der Waals surface area contributed by atoms with Crippen molar-refractivity contribution >= 4 is 28.1 Å². The van der Waals surface area contributed by atoms with Gasteiger partial charge in [0.15, 0.2) is 17.2 Å². The molecule has 0 unspecified atom stereocenters. The van der Waals surface area contributed by atoms with E-state index in [1.165, 1.54) is 24.3 Å². The number of esters is 1. The highest BCUT2D eigenvalue weighted by Gasteiger charge is 2.25. The molecule has 1 heterocycles. The summed E-state index contributed by atoms with van der Waals surface area (Å²) in [6, 6.07) is 19.4. The molecular formula is C25H21NO7S. The van der Waals surface area contributed by atoms with Crippen LogP contribution in [0, 0.1) is 0 Å². The normalized spacial score (nSPS) is 14.5. The molecule has 3 aromatic carbocycles. The standard InChI is InChI=1S/C25H21NO7S/c1-3-31-23-16-17(9-14-22(23)33-34(28,29)20-7-5-4-6-8-20)15-21-25(27)32-24(26-21)18-10-12-19(30-2)13-11-18/h4-16H,3H2,1-2H3. The fraction of sp³-hybridized carbons (Fsp3) is 0.120. The summed E-state index contributed by atoms with van der Waals surface area (Å²) in [5.74, 6) is 0.490. The van der Waals surface area contributed by atoms with Crippen LogP contribution in [0.1, 0.15) is 18.1 Å². The summed E-state index contributed by atoms with van der Waals surface area (Å²) in [6.07, 6.45) is 1.52. The maximum atomic E-state index is 12.6. The van der Waals surface area contributed by atoms with Gasteiger partial charge in [-0.05, 0) is 67.1 Å². The van der Waals surface area contributed by atoms with E-state index in [2.05, 4.69) is 4.99 Å². The van der Waals surface area contributed by atoms with E-state index < -0.39 is 16.1 Å². The summed E-state index contributed by atoms with van der Waals surface area (Å²) in [4.78, 5) is 16.7. The van der Waals surface area contributed by atoms with E-state index in [4.69, 9.17) is 18.4 Å². The Morgan fingerprint density at radius 2 is 1.71 bits per heavy atom. The van der Waals surface area contributed by atoms with E-state index in [1.807, 2.05) is 0 Å². The fourth-order valence-corrected chi connectivity index (χ4v) is 4.09. The maximum Gasteiger partial charge on any atom is 0.363 e. The summed E-state index contributed by atoms with van der Waals surface area (Å²) in [5.41, 5.74) is 1.28. The molecule has 0 radical (unpaired) electrons. The van der Waals surface area contributed by atoms with Crippen LogP contribution in [0.4, 0.5) is 0 Å². The molecule has 174 valence electrons. The largest absolute Gasteiger partial charge is 0.497 e. The predicted molar refractivity (Wildman–Crippen MR) is 125 cm³/mol. The third-order valence-corrected chi connectivity index (χ3v) is 6.01. The average molecular weight is 480 g/mol. The van der Waals surface area contributed by atoms with Gasteiger partial charge >= 0.3 is 16.1 Å². The van der Waals surface area contributed by atoms with Crippen molar-refractivity contribution < 1.29 is 31.6 Å². The van der Waals surface area contributed by atoms with Crippen LogP contribution in [0.15, 0.2) is 88.4 Å². The van der Waals surface area contributed by atoms with Crippen LogP contribution in [-0.2, 0) is 19.6 Å². The van der Waals surface area contributed by atoms with E-state index in [1.54, 1.807) is 68.6 Å². The number of rotatable bonds is 8. The zero-order valence-electron chi connectivity index (χ0n) is 18.4. The molecule has 9 heteroatoms. The smallest absolute Gasteiger partial charge is 0.363 e. The average Bonchev–Trinajstić information content (AvgIpc) is 3.21. The Labute approximate surface area is 197 Å². The highest BCUT2D eigenvalue weighted by molar-refractivity contribution is 7.87. The number of ether oxygens (including phenoxy) is 3. The van der Waals surface area contributed by atoms with E-state index in [0.29, 0.717) is 16.9 Å². The summed E-state index contributed by atoms with van der Waals surface area (Å²) in [6.45, 7) is 2.05. The molecule has 0 fully saturated rings. The van der Waals surface area contributed by atoms with Gasteiger partial charge in [-0.15, -0.1) is 0 Å². The van der Waals surface area contributed by atoms with Crippen molar-refractivity contribution in [3.8, 4) is 17.2 Å². The fourth-order valence-electron chi connectivity index (χ4n) is 3.13. The van der Waals surface area contributed by atoms with Gasteiger partial charge in [0.05, 0.1) is 13.7 Å². The first kappa shape index (κ1) is 23.1. The molecule has 0 atom stereocenters. The van der Waals surface area contributed by atoms with Crippen molar-refractivity contribution in [3.05, 3.63) is 89.6 Å². The summed E-state index contributed by atoms with van der Waals surface area (Å²) in [7, 11) is -2.48. The van der Waals surface area contributed by atoms with Crippen LogP contribution in [0.2, 0.25) is 0 Å². The van der Waals surface area contributed by atoms with Gasteiger partial charge in [0.2, 0.25) is 5.90 Å². The van der Waals surface area contributed by atoms with E-state index in [0.717, 1.165) is 0 Å². The molecule has 1 aliphatic rings. The summed E-state index contributed by atoms with van der Waals surface area (Å²) < 4.78 is 46.5. The first-order valence-electron chi connectivity index (χ1n) is 10.3. The first-order chi connectivity index (χ1) is 16.4. The Bertz CT molecular complexity index is 1360. The second-order valence-corrected chi connectivity index (χ2v) is 8.60. The topological polar surface area (TPSA) is 100 Å². The van der Waals surface area contributed by atoms with Crippen molar-refractivity contribution in [1.82, 2.24) is 0 Å². The number of benzene rings is 3. The third-order valence-electron chi connectivity index (χ3n) is 4.76. The molecule has 0 bridgehead atoms. The minimum atomic E-state index is -4.04. The highest BCUT2D eigenvalue weighted by Crippen LogP contribution is 2.32. The monoisotopic (exact) mass is 479 g/mol. The lowest BCUT2D eigenvalue weighted by molar-refractivity contribution is -0.129. The molecule has 1 aliphatic heterocycles. The number of cyclic esters (lactones) is 1. The van der Waals surface area contributed by atoms with Gasteiger partial charge in [0.1, 0.15) is 10.6 Å². The maximum absolute atomic E-state index is 12.6. The second-order valence-electron chi connectivity index (χ2n) is 7.05. The zero-order valence-corrected chi connectivity index (χ0v) is 19.2. The van der Waals surface area contributed by atoms with Crippen LogP contribution in [-0.4, -0.2) is 34.0 Å². The van der Waals surface area contributed by atoms with Crippen LogP contribution in [0.25, 0.3) is 6.08 Å². The summed E-state index contributed by atoms with van der Waals surface area (Å²) in [5, 5.41) is 0. The van der Waals surface area contributed by atoms with Crippen molar-refractivity contribution in [1.29, 1.82) is 0 Å². The molecule has 0 saturated heterocycles. The Morgan fingerprint density at radius 3 is 2.38 bits per heavy atom. The molecule has 34 heavy (non-hydrogen) atoms. The third kappa shape index (κ3) is 5.10. The van der Waals surface area contributed by atoms with Gasteiger partial charge < -0.3 is 18.4 Å². The number of carbonyl (C=O) groups is 1. The molecule has 0 amide bonds. The minimum Gasteiger partial charge on any atom is -0.497 e. The Hall–Kier alpha value is -4.11. The quantitative estimate of drug-likeness (QED) is 0.271. The van der Waals surface area contributed by atoms with Crippen molar-refractivity contribution in [3.63, 3.8) is 0 Å². The van der Waals surface area contributed by atoms with Crippen molar-refractivity contribution in [2.24, 2.45) is 4.99 Å². The number of carbonyl (C=O) groups excluding carboxylic acids is 1. The van der Waals surface area contributed by atoms with Crippen LogP contribution in [0.5, 0.6) is 17.2 Å². The number of hydrogen-bond donors (Lipinski definition) is 0. The van der Waals surface area contributed by atoms with E-state index in [-0.39, 0.29) is 34.6 Å².